The quantitative estimate of drug-likeness (QED) is 0.323. The molecule has 4 N–H and O–H groups in total. The monoisotopic (exact) mass is 293 g/mol. The first kappa shape index (κ1) is 16.8. The molecule has 0 radical (unpaired) electrons. The summed E-state index contributed by atoms with van der Waals surface area (Å²) in [4.78, 5) is 14.2. The molecule has 0 aliphatic rings. The van der Waals surface area contributed by atoms with Crippen molar-refractivity contribution in [1.29, 1.82) is 0 Å². The maximum Gasteiger partial charge on any atom is 0.257 e. The number of aryl methyl sites for hydroxylation is 1. The number of oxime groups is 1. The average molecular weight is 293 g/mol. The van der Waals surface area contributed by atoms with Crippen LogP contribution >= 0.6 is 0 Å². The second-order valence-corrected chi connectivity index (χ2v) is 5.51. The minimum Gasteiger partial charge on any atom is -0.507 e. The maximum atomic E-state index is 12.6. The van der Waals surface area contributed by atoms with Crippen LogP contribution < -0.4 is 5.73 Å². The molecule has 0 atom stereocenters. The average Bonchev–Trinajstić information content (AvgIpc) is 2.44. The molecule has 1 aromatic carbocycles. The van der Waals surface area contributed by atoms with Crippen molar-refractivity contribution in [3.63, 3.8) is 0 Å². The number of hydrogen-bond donors (Lipinski definition) is 3. The lowest BCUT2D eigenvalue weighted by molar-refractivity contribution is 0.0737. The molecular formula is C15H23N3O3. The van der Waals surface area contributed by atoms with Gasteiger partial charge in [0.25, 0.3) is 5.91 Å². The molecule has 0 heterocycles. The van der Waals surface area contributed by atoms with Crippen molar-refractivity contribution in [2.75, 3.05) is 13.1 Å². The number of phenols is 1. The molecule has 116 valence electrons. The van der Waals surface area contributed by atoms with Crippen molar-refractivity contribution in [2.45, 2.75) is 27.2 Å². The first-order chi connectivity index (χ1) is 9.85. The Morgan fingerprint density at radius 2 is 2.10 bits per heavy atom. The fourth-order valence-corrected chi connectivity index (χ4v) is 2.01. The van der Waals surface area contributed by atoms with Crippen molar-refractivity contribution in [3.8, 4) is 5.75 Å². The number of hydrogen-bond acceptors (Lipinski definition) is 4. The highest BCUT2D eigenvalue weighted by Gasteiger charge is 2.20. The van der Waals surface area contributed by atoms with E-state index in [9.17, 15) is 9.90 Å². The summed E-state index contributed by atoms with van der Waals surface area (Å²) in [6.07, 6.45) is 0.279. The molecule has 0 saturated heterocycles. The molecule has 21 heavy (non-hydrogen) atoms. The van der Waals surface area contributed by atoms with E-state index < -0.39 is 0 Å². The number of phenolic OH excluding ortho intramolecular Hbond substituents is 1. The molecular weight excluding hydrogens is 270 g/mol. The smallest absolute Gasteiger partial charge is 0.257 e. The van der Waals surface area contributed by atoms with Gasteiger partial charge in [-0.25, -0.2) is 0 Å². The first-order valence-electron chi connectivity index (χ1n) is 6.90. The summed E-state index contributed by atoms with van der Waals surface area (Å²) in [5.74, 6) is 0.0528. The number of benzene rings is 1. The van der Waals surface area contributed by atoms with E-state index in [-0.39, 0.29) is 35.4 Å². The Bertz CT molecular complexity index is 527. The molecule has 1 rings (SSSR count). The number of carbonyl (C=O) groups is 1. The van der Waals surface area contributed by atoms with Gasteiger partial charge in [-0.05, 0) is 25.0 Å². The highest BCUT2D eigenvalue weighted by molar-refractivity contribution is 5.97. The highest BCUT2D eigenvalue weighted by atomic mass is 16.4. The Labute approximate surface area is 124 Å². The second-order valence-electron chi connectivity index (χ2n) is 5.51. The summed E-state index contributed by atoms with van der Waals surface area (Å²) < 4.78 is 0. The number of carbonyl (C=O) groups excluding carboxylic acids is 1. The predicted octanol–water partition coefficient (Wildman–Crippen LogP) is 1.94. The van der Waals surface area contributed by atoms with Crippen LogP contribution in [0.15, 0.2) is 23.4 Å². The van der Waals surface area contributed by atoms with Crippen LogP contribution in [0, 0.1) is 12.8 Å². The van der Waals surface area contributed by atoms with E-state index in [0.29, 0.717) is 13.1 Å². The van der Waals surface area contributed by atoms with Crippen LogP contribution in [0.2, 0.25) is 0 Å². The van der Waals surface area contributed by atoms with Crippen molar-refractivity contribution < 1.29 is 15.1 Å². The van der Waals surface area contributed by atoms with Gasteiger partial charge < -0.3 is 20.9 Å². The summed E-state index contributed by atoms with van der Waals surface area (Å²) in [6.45, 7) is 6.73. The molecule has 0 unspecified atom stereocenters. The van der Waals surface area contributed by atoms with Gasteiger partial charge in [-0.3, -0.25) is 4.79 Å². The summed E-state index contributed by atoms with van der Waals surface area (Å²) >= 11 is 0. The molecule has 0 fully saturated rings. The Hall–Kier alpha value is -2.24. The van der Waals surface area contributed by atoms with Crippen LogP contribution in [0.5, 0.6) is 5.75 Å². The third-order valence-electron chi connectivity index (χ3n) is 3.02. The minimum absolute atomic E-state index is 0.0387. The molecule has 0 aliphatic carbocycles. The van der Waals surface area contributed by atoms with Crippen LogP contribution in [-0.2, 0) is 0 Å². The van der Waals surface area contributed by atoms with Gasteiger partial charge in [-0.15, -0.1) is 0 Å². The van der Waals surface area contributed by atoms with Crippen molar-refractivity contribution in [2.24, 2.45) is 16.8 Å². The lowest BCUT2D eigenvalue weighted by Gasteiger charge is -2.25. The summed E-state index contributed by atoms with van der Waals surface area (Å²) in [6, 6.07) is 4.92. The molecule has 0 spiro atoms. The number of rotatable bonds is 6. The number of aromatic hydroxyl groups is 1. The van der Waals surface area contributed by atoms with Crippen molar-refractivity contribution >= 4 is 11.7 Å². The highest BCUT2D eigenvalue weighted by Crippen LogP contribution is 2.20. The lowest BCUT2D eigenvalue weighted by atomic mass is 10.1. The second kappa shape index (κ2) is 7.52. The molecule has 0 bridgehead atoms. The molecule has 0 aromatic heterocycles. The van der Waals surface area contributed by atoms with E-state index in [0.717, 1.165) is 5.56 Å². The number of amides is 1. The third kappa shape index (κ3) is 4.98. The zero-order valence-electron chi connectivity index (χ0n) is 12.7. The fraction of sp³-hybridized carbons (Fsp3) is 0.467. The molecule has 6 nitrogen and oxygen atoms in total. The van der Waals surface area contributed by atoms with E-state index in [2.05, 4.69) is 5.16 Å². The largest absolute Gasteiger partial charge is 0.507 e. The van der Waals surface area contributed by atoms with Crippen LogP contribution in [0.4, 0.5) is 0 Å². The number of amidine groups is 1. The van der Waals surface area contributed by atoms with E-state index >= 15 is 0 Å². The van der Waals surface area contributed by atoms with Crippen molar-refractivity contribution in [1.82, 2.24) is 4.90 Å². The zero-order chi connectivity index (χ0) is 16.0. The van der Waals surface area contributed by atoms with Gasteiger partial charge in [0, 0.05) is 19.5 Å². The van der Waals surface area contributed by atoms with Crippen LogP contribution in [0.1, 0.15) is 36.2 Å². The van der Waals surface area contributed by atoms with Crippen LogP contribution in [0.3, 0.4) is 0 Å². The van der Waals surface area contributed by atoms with Gasteiger partial charge in [0.2, 0.25) is 0 Å². The Balaban J connectivity index is 2.96. The van der Waals surface area contributed by atoms with Gasteiger partial charge in [0.15, 0.2) is 0 Å². The van der Waals surface area contributed by atoms with E-state index in [4.69, 9.17) is 10.9 Å². The zero-order valence-corrected chi connectivity index (χ0v) is 12.7. The molecule has 1 amide bonds. The van der Waals surface area contributed by atoms with Crippen molar-refractivity contribution in [3.05, 3.63) is 29.3 Å². The molecule has 0 saturated carbocycles. The standard InChI is InChI=1S/C15H23N3O3/c1-10(2)9-18(7-6-14(16)17-21)15(20)12-8-11(3)4-5-13(12)19/h4-5,8,10,19,21H,6-7,9H2,1-3H3,(H2,16,17). The Morgan fingerprint density at radius 3 is 2.67 bits per heavy atom. The van der Waals surface area contributed by atoms with Gasteiger partial charge in [0.1, 0.15) is 11.6 Å². The maximum absolute atomic E-state index is 12.6. The van der Waals surface area contributed by atoms with E-state index in [1.807, 2.05) is 20.8 Å². The van der Waals surface area contributed by atoms with E-state index in [1.165, 1.54) is 6.07 Å². The van der Waals surface area contributed by atoms with Crippen LogP contribution in [-0.4, -0.2) is 40.0 Å². The Morgan fingerprint density at radius 1 is 1.43 bits per heavy atom. The van der Waals surface area contributed by atoms with Gasteiger partial charge >= 0.3 is 0 Å². The third-order valence-corrected chi connectivity index (χ3v) is 3.02. The molecule has 6 heteroatoms. The topological polar surface area (TPSA) is 99.2 Å². The number of nitrogens with two attached hydrogens (primary N) is 1. The van der Waals surface area contributed by atoms with E-state index in [1.54, 1.807) is 17.0 Å². The van der Waals surface area contributed by atoms with Crippen LogP contribution in [0.25, 0.3) is 0 Å². The minimum atomic E-state index is -0.254. The van der Waals surface area contributed by atoms with Gasteiger partial charge in [-0.2, -0.15) is 0 Å². The normalized spacial score (nSPS) is 11.7. The SMILES string of the molecule is Cc1ccc(O)c(C(=O)N(CCC(N)=NO)CC(C)C)c1. The fourth-order valence-electron chi connectivity index (χ4n) is 2.01. The summed E-state index contributed by atoms with van der Waals surface area (Å²) in [7, 11) is 0. The summed E-state index contributed by atoms with van der Waals surface area (Å²) in [5, 5.41) is 21.4. The van der Waals surface area contributed by atoms with Gasteiger partial charge in [0.05, 0.1) is 5.56 Å². The lowest BCUT2D eigenvalue weighted by Crippen LogP contribution is -2.36. The number of nitrogens with zero attached hydrogens (tertiary/aromatic N) is 2. The van der Waals surface area contributed by atoms with Gasteiger partial charge in [-0.1, -0.05) is 30.6 Å². The Kier molecular flexibility index (Phi) is 6.02. The molecule has 1 aromatic rings. The summed E-state index contributed by atoms with van der Waals surface area (Å²) in [5.41, 5.74) is 6.63. The first-order valence-corrected chi connectivity index (χ1v) is 6.90. The molecule has 0 aliphatic heterocycles. The predicted molar refractivity (Wildman–Crippen MR) is 81.6 cm³/mol.